The van der Waals surface area contributed by atoms with Gasteiger partial charge in [-0.05, 0) is 38.0 Å². The number of para-hydroxylation sites is 1. The summed E-state index contributed by atoms with van der Waals surface area (Å²) in [6.45, 7) is 0. The van der Waals surface area contributed by atoms with Gasteiger partial charge in [-0.1, -0.05) is 36.4 Å². The molecule has 1 aliphatic carbocycles. The summed E-state index contributed by atoms with van der Waals surface area (Å²) in [5.41, 5.74) is 1.86. The van der Waals surface area contributed by atoms with Crippen molar-refractivity contribution in [2.24, 2.45) is 5.10 Å². The molecule has 3 aliphatic rings. The number of anilines is 1. The minimum Gasteiger partial charge on any atom is -0.361 e. The van der Waals surface area contributed by atoms with Crippen LogP contribution in [0.15, 0.2) is 29.4 Å². The Bertz CT molecular complexity index is 639. The lowest BCUT2D eigenvalue weighted by molar-refractivity contribution is -0.130. The highest BCUT2D eigenvalue weighted by Crippen LogP contribution is 2.46. The Labute approximate surface area is 134 Å². The largest absolute Gasteiger partial charge is 0.361 e. The van der Waals surface area contributed by atoms with Crippen LogP contribution in [0.2, 0.25) is 0 Å². The number of hydrogen-bond donors (Lipinski definition) is 2. The van der Waals surface area contributed by atoms with Gasteiger partial charge in [0, 0.05) is 11.3 Å². The van der Waals surface area contributed by atoms with Crippen molar-refractivity contribution in [3.05, 3.63) is 29.8 Å². The first-order valence-electron chi connectivity index (χ1n) is 7.83. The number of carbonyl (C=O) groups is 1. The highest BCUT2D eigenvalue weighted by molar-refractivity contribution is 8.13. The third kappa shape index (κ3) is 2.00. The minimum atomic E-state index is -0.327. The topological polar surface area (TPSA) is 56.7 Å². The number of nitrogens with zero attached hydrogens (tertiary/aromatic N) is 2. The van der Waals surface area contributed by atoms with E-state index in [-0.39, 0.29) is 17.6 Å². The predicted molar refractivity (Wildman–Crippen MR) is 89.6 cm³/mol. The van der Waals surface area contributed by atoms with Crippen LogP contribution in [0.25, 0.3) is 0 Å². The number of benzene rings is 1. The van der Waals surface area contributed by atoms with Crippen molar-refractivity contribution in [2.75, 3.05) is 11.6 Å². The molecule has 2 heterocycles. The van der Waals surface area contributed by atoms with E-state index in [0.717, 1.165) is 24.1 Å². The molecule has 1 amide bonds. The summed E-state index contributed by atoms with van der Waals surface area (Å²) >= 11 is 1.48. The van der Waals surface area contributed by atoms with Gasteiger partial charge in [0.2, 0.25) is 0 Å². The SMILES string of the molecule is CSC1=NN2C(C(=O)N1)c1ccccc1NC21CCCCC1. The normalized spacial score (nSPS) is 25.7. The second kappa shape index (κ2) is 5.19. The Morgan fingerprint density at radius 1 is 1.27 bits per heavy atom. The molecule has 0 saturated heterocycles. The van der Waals surface area contributed by atoms with Gasteiger partial charge in [0.05, 0.1) is 0 Å². The van der Waals surface area contributed by atoms with Crippen LogP contribution < -0.4 is 10.6 Å². The quantitative estimate of drug-likeness (QED) is 0.773. The number of thioether (sulfide) groups is 1. The van der Waals surface area contributed by atoms with E-state index in [1.165, 1.54) is 31.0 Å². The highest BCUT2D eigenvalue weighted by Gasteiger charge is 2.50. The number of amidine groups is 1. The molecule has 1 atom stereocenters. The second-order valence-corrected chi connectivity index (χ2v) is 6.95. The Hall–Kier alpha value is -1.69. The fourth-order valence-corrected chi connectivity index (χ4v) is 4.19. The molecule has 1 spiro atoms. The Morgan fingerprint density at radius 2 is 2.05 bits per heavy atom. The summed E-state index contributed by atoms with van der Waals surface area (Å²) < 4.78 is 0. The molecular formula is C16H20N4OS. The van der Waals surface area contributed by atoms with Gasteiger partial charge in [-0.15, -0.1) is 5.10 Å². The van der Waals surface area contributed by atoms with Crippen LogP contribution in [0.3, 0.4) is 0 Å². The molecule has 2 aliphatic heterocycles. The molecule has 2 N–H and O–H groups in total. The first-order chi connectivity index (χ1) is 10.7. The van der Waals surface area contributed by atoms with Crippen molar-refractivity contribution in [2.45, 2.75) is 43.8 Å². The molecule has 4 rings (SSSR count). The molecule has 1 aromatic rings. The first kappa shape index (κ1) is 13.9. The molecule has 116 valence electrons. The van der Waals surface area contributed by atoms with Gasteiger partial charge in [-0.3, -0.25) is 9.80 Å². The maximum atomic E-state index is 12.7. The first-order valence-corrected chi connectivity index (χ1v) is 9.06. The summed E-state index contributed by atoms with van der Waals surface area (Å²) in [5.74, 6) is 0.0262. The lowest BCUT2D eigenvalue weighted by Gasteiger charge is -2.53. The maximum absolute atomic E-state index is 12.7. The van der Waals surface area contributed by atoms with Crippen molar-refractivity contribution in [3.63, 3.8) is 0 Å². The fourth-order valence-electron chi connectivity index (χ4n) is 3.82. The third-order valence-corrected chi connectivity index (χ3v) is 5.43. The molecule has 0 bridgehead atoms. The van der Waals surface area contributed by atoms with Gasteiger partial charge in [-0.25, -0.2) is 0 Å². The van der Waals surface area contributed by atoms with E-state index in [2.05, 4.69) is 16.7 Å². The second-order valence-electron chi connectivity index (χ2n) is 6.15. The molecule has 5 nitrogen and oxygen atoms in total. The van der Waals surface area contributed by atoms with Gasteiger partial charge >= 0.3 is 0 Å². The average Bonchev–Trinajstić information content (AvgIpc) is 2.55. The highest BCUT2D eigenvalue weighted by atomic mass is 32.2. The summed E-state index contributed by atoms with van der Waals surface area (Å²) in [4.78, 5) is 12.7. The van der Waals surface area contributed by atoms with Gasteiger partial charge in [0.1, 0.15) is 5.66 Å². The molecule has 1 saturated carbocycles. The Morgan fingerprint density at radius 3 is 2.82 bits per heavy atom. The Kier molecular flexibility index (Phi) is 3.29. The zero-order chi connectivity index (χ0) is 15.2. The average molecular weight is 316 g/mol. The van der Waals surface area contributed by atoms with E-state index in [0.29, 0.717) is 5.17 Å². The van der Waals surface area contributed by atoms with Crippen LogP contribution in [0.4, 0.5) is 5.69 Å². The summed E-state index contributed by atoms with van der Waals surface area (Å²) in [6, 6.07) is 7.78. The van der Waals surface area contributed by atoms with E-state index in [1.807, 2.05) is 29.5 Å². The molecule has 1 fully saturated rings. The van der Waals surface area contributed by atoms with E-state index in [9.17, 15) is 4.79 Å². The molecule has 1 unspecified atom stereocenters. The molecule has 1 aromatic carbocycles. The number of hydrogen-bond acceptors (Lipinski definition) is 5. The zero-order valence-electron chi connectivity index (χ0n) is 12.6. The van der Waals surface area contributed by atoms with Crippen molar-refractivity contribution in [1.82, 2.24) is 10.3 Å². The van der Waals surface area contributed by atoms with Gasteiger partial charge in [0.15, 0.2) is 11.2 Å². The summed E-state index contributed by atoms with van der Waals surface area (Å²) in [7, 11) is 0. The number of nitrogens with one attached hydrogen (secondary N) is 2. The number of amides is 1. The molecular weight excluding hydrogens is 296 g/mol. The number of rotatable bonds is 0. The standard InChI is InChI=1S/C16H20N4OS/c1-22-15-17-14(21)13-11-7-3-4-8-12(11)18-16(20(13)19-15)9-5-2-6-10-16/h3-4,7-8,13,18H,2,5-6,9-10H2,1H3,(H,17,19,21). The third-order valence-electron chi connectivity index (χ3n) is 4.86. The van der Waals surface area contributed by atoms with Crippen molar-refractivity contribution < 1.29 is 4.79 Å². The molecule has 22 heavy (non-hydrogen) atoms. The smallest absolute Gasteiger partial charge is 0.255 e. The van der Waals surface area contributed by atoms with E-state index < -0.39 is 0 Å². The van der Waals surface area contributed by atoms with Crippen molar-refractivity contribution >= 4 is 28.5 Å². The molecule has 0 aromatic heterocycles. The van der Waals surface area contributed by atoms with Crippen LogP contribution in [0.5, 0.6) is 0 Å². The van der Waals surface area contributed by atoms with Crippen LogP contribution in [0.1, 0.15) is 43.7 Å². The lowest BCUT2D eigenvalue weighted by Crippen LogP contribution is -2.62. The van der Waals surface area contributed by atoms with E-state index >= 15 is 0 Å². The van der Waals surface area contributed by atoms with E-state index in [4.69, 9.17) is 5.10 Å². The van der Waals surface area contributed by atoms with Crippen LogP contribution in [-0.4, -0.2) is 28.0 Å². The van der Waals surface area contributed by atoms with E-state index in [1.54, 1.807) is 0 Å². The van der Waals surface area contributed by atoms with Gasteiger partial charge in [0.25, 0.3) is 5.91 Å². The lowest BCUT2D eigenvalue weighted by atomic mass is 9.83. The maximum Gasteiger partial charge on any atom is 0.255 e. The minimum absolute atomic E-state index is 0.0262. The summed E-state index contributed by atoms with van der Waals surface area (Å²) in [6.07, 6.45) is 7.59. The van der Waals surface area contributed by atoms with Gasteiger partial charge in [-0.2, -0.15) is 0 Å². The molecule has 0 radical (unpaired) electrons. The predicted octanol–water partition coefficient (Wildman–Crippen LogP) is 2.88. The van der Waals surface area contributed by atoms with Crippen molar-refractivity contribution in [3.8, 4) is 0 Å². The summed E-state index contributed by atoms with van der Waals surface area (Å²) in [5, 5.41) is 14.1. The monoisotopic (exact) mass is 316 g/mol. The fraction of sp³-hybridized carbons (Fsp3) is 0.500. The van der Waals surface area contributed by atoms with Crippen LogP contribution in [-0.2, 0) is 4.79 Å². The number of carbonyl (C=O) groups excluding carboxylic acids is 1. The van der Waals surface area contributed by atoms with Gasteiger partial charge < -0.3 is 10.6 Å². The van der Waals surface area contributed by atoms with Crippen LogP contribution in [0, 0.1) is 0 Å². The Balaban J connectivity index is 1.86. The van der Waals surface area contributed by atoms with Crippen LogP contribution >= 0.6 is 11.8 Å². The van der Waals surface area contributed by atoms with Crippen molar-refractivity contribution in [1.29, 1.82) is 0 Å². The number of hydrazone groups is 1. The zero-order valence-corrected chi connectivity index (χ0v) is 13.4. The molecule has 6 heteroatoms. The number of fused-ring (bicyclic) bond motifs is 4.